The van der Waals surface area contributed by atoms with Gasteiger partial charge in [-0.3, -0.25) is 0 Å². The predicted molar refractivity (Wildman–Crippen MR) is 82.7 cm³/mol. The second-order valence-electron chi connectivity index (χ2n) is 6.08. The van der Waals surface area contributed by atoms with Crippen LogP contribution in [0.3, 0.4) is 0 Å². The van der Waals surface area contributed by atoms with E-state index in [4.69, 9.17) is 0 Å². The van der Waals surface area contributed by atoms with E-state index in [-0.39, 0.29) is 0 Å². The minimum Gasteiger partial charge on any atom is -0.306 e. The minimum absolute atomic E-state index is 0.586. The van der Waals surface area contributed by atoms with E-state index in [0.717, 1.165) is 12.1 Å². The van der Waals surface area contributed by atoms with Gasteiger partial charge in [-0.2, -0.15) is 0 Å². The first-order chi connectivity index (χ1) is 9.36. The molecule has 2 aliphatic heterocycles. The Morgan fingerprint density at radius 1 is 1.42 bits per heavy atom. The van der Waals surface area contributed by atoms with Crippen molar-refractivity contribution < 1.29 is 0 Å². The lowest BCUT2D eigenvalue weighted by atomic mass is 9.96. The lowest BCUT2D eigenvalue weighted by Gasteiger charge is -2.37. The van der Waals surface area contributed by atoms with Crippen molar-refractivity contribution in [1.82, 2.24) is 10.2 Å². The van der Waals surface area contributed by atoms with Gasteiger partial charge < -0.3 is 10.2 Å². The van der Waals surface area contributed by atoms with Gasteiger partial charge in [0.2, 0.25) is 0 Å². The molecule has 2 fully saturated rings. The Balaban J connectivity index is 1.59. The SMILES string of the molecule is CCCC(NC1CCN2CCCC2C1)c1cccs1. The first kappa shape index (κ1) is 13.6. The van der Waals surface area contributed by atoms with Gasteiger partial charge in [-0.15, -0.1) is 11.3 Å². The van der Waals surface area contributed by atoms with Crippen LogP contribution in [0, 0.1) is 0 Å². The number of hydrogen-bond acceptors (Lipinski definition) is 3. The number of piperidine rings is 1. The molecule has 3 unspecified atom stereocenters. The maximum absolute atomic E-state index is 3.96. The molecule has 3 atom stereocenters. The van der Waals surface area contributed by atoms with Gasteiger partial charge in [-0.05, 0) is 56.6 Å². The second kappa shape index (κ2) is 6.38. The van der Waals surface area contributed by atoms with E-state index in [1.807, 2.05) is 11.3 Å². The summed E-state index contributed by atoms with van der Waals surface area (Å²) in [5, 5.41) is 6.16. The topological polar surface area (TPSA) is 15.3 Å². The first-order valence-corrected chi connectivity index (χ1v) is 8.78. The Kier molecular flexibility index (Phi) is 4.57. The van der Waals surface area contributed by atoms with E-state index in [9.17, 15) is 0 Å². The maximum atomic E-state index is 3.96. The molecule has 1 aromatic heterocycles. The largest absolute Gasteiger partial charge is 0.306 e. The van der Waals surface area contributed by atoms with Crippen LogP contribution in [0.15, 0.2) is 17.5 Å². The first-order valence-electron chi connectivity index (χ1n) is 7.90. The molecule has 0 spiro atoms. The van der Waals surface area contributed by atoms with Crippen LogP contribution in [0.2, 0.25) is 0 Å². The number of rotatable bonds is 5. The van der Waals surface area contributed by atoms with Crippen molar-refractivity contribution in [1.29, 1.82) is 0 Å². The summed E-state index contributed by atoms with van der Waals surface area (Å²) < 4.78 is 0. The molecule has 3 rings (SSSR count). The van der Waals surface area contributed by atoms with E-state index in [2.05, 4.69) is 34.7 Å². The Bertz CT molecular complexity index is 376. The van der Waals surface area contributed by atoms with Crippen LogP contribution in [0.5, 0.6) is 0 Å². The Morgan fingerprint density at radius 2 is 2.37 bits per heavy atom. The average molecular weight is 278 g/mol. The highest BCUT2D eigenvalue weighted by Gasteiger charge is 2.32. The summed E-state index contributed by atoms with van der Waals surface area (Å²) in [5.41, 5.74) is 0. The number of fused-ring (bicyclic) bond motifs is 1. The van der Waals surface area contributed by atoms with E-state index < -0.39 is 0 Å². The van der Waals surface area contributed by atoms with Crippen molar-refractivity contribution >= 4 is 11.3 Å². The van der Waals surface area contributed by atoms with Gasteiger partial charge in [0.25, 0.3) is 0 Å². The van der Waals surface area contributed by atoms with Crippen LogP contribution in [-0.2, 0) is 0 Å². The smallest absolute Gasteiger partial charge is 0.0416 e. The predicted octanol–water partition coefficient (Wildman–Crippen LogP) is 3.81. The molecule has 0 bridgehead atoms. The summed E-state index contributed by atoms with van der Waals surface area (Å²) in [4.78, 5) is 4.23. The van der Waals surface area contributed by atoms with Crippen molar-refractivity contribution in [2.75, 3.05) is 13.1 Å². The summed E-state index contributed by atoms with van der Waals surface area (Å²) >= 11 is 1.91. The molecule has 0 saturated carbocycles. The number of nitrogens with zero attached hydrogens (tertiary/aromatic N) is 1. The summed E-state index contributed by atoms with van der Waals surface area (Å²) in [5.74, 6) is 0. The third-order valence-corrected chi connectivity index (χ3v) is 5.71. The van der Waals surface area contributed by atoms with Crippen molar-refractivity contribution in [2.45, 2.75) is 63.6 Å². The van der Waals surface area contributed by atoms with Gasteiger partial charge in [0.15, 0.2) is 0 Å². The molecular weight excluding hydrogens is 252 g/mol. The normalized spacial score (nSPS) is 29.3. The van der Waals surface area contributed by atoms with Gasteiger partial charge in [0.1, 0.15) is 0 Å². The lowest BCUT2D eigenvalue weighted by molar-refractivity contribution is 0.160. The van der Waals surface area contributed by atoms with Gasteiger partial charge >= 0.3 is 0 Å². The van der Waals surface area contributed by atoms with Crippen LogP contribution in [0.25, 0.3) is 0 Å². The zero-order valence-electron chi connectivity index (χ0n) is 12.0. The summed E-state index contributed by atoms with van der Waals surface area (Å²) in [6, 6.07) is 6.67. The van der Waals surface area contributed by atoms with Gasteiger partial charge in [-0.1, -0.05) is 19.4 Å². The van der Waals surface area contributed by atoms with Crippen molar-refractivity contribution in [3.05, 3.63) is 22.4 Å². The van der Waals surface area contributed by atoms with Crippen LogP contribution in [0.4, 0.5) is 0 Å². The molecule has 3 heterocycles. The van der Waals surface area contributed by atoms with Gasteiger partial charge in [-0.25, -0.2) is 0 Å². The van der Waals surface area contributed by atoms with Gasteiger partial charge in [0.05, 0.1) is 0 Å². The number of nitrogens with one attached hydrogen (secondary N) is 1. The molecule has 2 nitrogen and oxygen atoms in total. The van der Waals surface area contributed by atoms with E-state index in [1.54, 1.807) is 0 Å². The Morgan fingerprint density at radius 3 is 3.16 bits per heavy atom. The van der Waals surface area contributed by atoms with Crippen LogP contribution >= 0.6 is 11.3 Å². The van der Waals surface area contributed by atoms with Crippen molar-refractivity contribution in [3.63, 3.8) is 0 Å². The average Bonchev–Trinajstić information content (AvgIpc) is 3.09. The van der Waals surface area contributed by atoms with Gasteiger partial charge in [0, 0.05) is 23.0 Å². The van der Waals surface area contributed by atoms with E-state index in [0.29, 0.717) is 6.04 Å². The fourth-order valence-electron chi connectivity index (χ4n) is 3.75. The molecule has 0 aromatic carbocycles. The highest BCUT2D eigenvalue weighted by atomic mass is 32.1. The third-order valence-electron chi connectivity index (χ3n) is 4.72. The minimum atomic E-state index is 0.586. The van der Waals surface area contributed by atoms with Crippen LogP contribution in [0.1, 0.15) is 56.4 Å². The highest BCUT2D eigenvalue weighted by Crippen LogP contribution is 2.30. The molecule has 1 N–H and O–H groups in total. The van der Waals surface area contributed by atoms with Crippen LogP contribution in [-0.4, -0.2) is 30.1 Å². The molecule has 2 aliphatic rings. The Hall–Kier alpha value is -0.380. The molecule has 0 amide bonds. The van der Waals surface area contributed by atoms with Crippen molar-refractivity contribution in [2.24, 2.45) is 0 Å². The second-order valence-corrected chi connectivity index (χ2v) is 7.06. The lowest BCUT2D eigenvalue weighted by Crippen LogP contribution is -2.46. The summed E-state index contributed by atoms with van der Waals surface area (Å²) in [6.07, 6.45) is 8.08. The third kappa shape index (κ3) is 3.21. The molecule has 19 heavy (non-hydrogen) atoms. The quantitative estimate of drug-likeness (QED) is 0.881. The molecule has 0 aliphatic carbocycles. The molecular formula is C16H26N2S. The number of thiophene rings is 1. The zero-order chi connectivity index (χ0) is 13.1. The number of hydrogen-bond donors (Lipinski definition) is 1. The van der Waals surface area contributed by atoms with E-state index in [1.165, 1.54) is 56.5 Å². The monoisotopic (exact) mass is 278 g/mol. The van der Waals surface area contributed by atoms with Crippen molar-refractivity contribution in [3.8, 4) is 0 Å². The Labute approximate surface area is 121 Å². The van der Waals surface area contributed by atoms with Crippen LogP contribution < -0.4 is 5.32 Å². The maximum Gasteiger partial charge on any atom is 0.0416 e. The fraction of sp³-hybridized carbons (Fsp3) is 0.750. The fourth-order valence-corrected chi connectivity index (χ4v) is 4.57. The molecule has 3 heteroatoms. The molecule has 106 valence electrons. The van der Waals surface area contributed by atoms with E-state index >= 15 is 0 Å². The molecule has 0 radical (unpaired) electrons. The zero-order valence-corrected chi connectivity index (χ0v) is 12.8. The standard InChI is InChI=1S/C16H26N2S/c1-2-5-15(16-7-4-11-19-16)17-13-8-10-18-9-3-6-14(18)12-13/h4,7,11,13-15,17H,2-3,5-6,8-10,12H2,1H3. The summed E-state index contributed by atoms with van der Waals surface area (Å²) in [6.45, 7) is 4.95. The molecule has 2 saturated heterocycles. The molecule has 1 aromatic rings. The highest BCUT2D eigenvalue weighted by molar-refractivity contribution is 7.10. The summed E-state index contributed by atoms with van der Waals surface area (Å²) in [7, 11) is 0.